The van der Waals surface area contributed by atoms with Crippen LogP contribution < -0.4 is 0 Å². The molecule has 1 aliphatic heterocycles. The minimum absolute atomic E-state index is 0.266. The minimum Gasteiger partial charge on any atom is -0.393 e. The SMILES string of the molecule is CCc1nn(CC)c(CC(O)CC2OCCO2)c1Br. The molecule has 108 valence electrons. The van der Waals surface area contributed by atoms with E-state index >= 15 is 0 Å². The molecule has 6 heteroatoms. The second-order valence-electron chi connectivity index (χ2n) is 4.64. The average molecular weight is 333 g/mol. The van der Waals surface area contributed by atoms with Gasteiger partial charge >= 0.3 is 0 Å². The van der Waals surface area contributed by atoms with E-state index in [1.807, 2.05) is 4.68 Å². The highest BCUT2D eigenvalue weighted by molar-refractivity contribution is 9.10. The van der Waals surface area contributed by atoms with Gasteiger partial charge in [-0.3, -0.25) is 4.68 Å². The maximum absolute atomic E-state index is 10.2. The van der Waals surface area contributed by atoms with Gasteiger partial charge in [-0.2, -0.15) is 5.10 Å². The van der Waals surface area contributed by atoms with Gasteiger partial charge in [0.1, 0.15) is 0 Å². The fraction of sp³-hybridized carbons (Fsp3) is 0.769. The Bertz CT molecular complexity index is 416. The second kappa shape index (κ2) is 6.83. The maximum Gasteiger partial charge on any atom is 0.160 e. The van der Waals surface area contributed by atoms with Crippen molar-refractivity contribution in [1.29, 1.82) is 0 Å². The number of hydrogen-bond acceptors (Lipinski definition) is 4. The van der Waals surface area contributed by atoms with Crippen molar-refractivity contribution < 1.29 is 14.6 Å². The normalized spacial score (nSPS) is 18.1. The summed E-state index contributed by atoms with van der Waals surface area (Å²) in [6, 6.07) is 0. The highest BCUT2D eigenvalue weighted by atomic mass is 79.9. The zero-order valence-electron chi connectivity index (χ0n) is 11.4. The van der Waals surface area contributed by atoms with Crippen LogP contribution in [0.1, 0.15) is 31.7 Å². The minimum atomic E-state index is -0.480. The highest BCUT2D eigenvalue weighted by Gasteiger charge is 2.23. The molecule has 0 aromatic carbocycles. The second-order valence-corrected chi connectivity index (χ2v) is 5.43. The van der Waals surface area contributed by atoms with E-state index in [1.54, 1.807) is 0 Å². The summed E-state index contributed by atoms with van der Waals surface area (Å²) in [5.41, 5.74) is 2.09. The third-order valence-corrected chi connectivity index (χ3v) is 4.19. The number of hydrogen-bond donors (Lipinski definition) is 1. The number of rotatable bonds is 6. The van der Waals surface area contributed by atoms with Crippen LogP contribution in [-0.2, 0) is 28.9 Å². The molecule has 1 fully saturated rings. The summed E-state index contributed by atoms with van der Waals surface area (Å²) in [6.07, 6.45) is 1.20. The first kappa shape index (κ1) is 15.0. The fourth-order valence-corrected chi connectivity index (χ4v) is 3.01. The summed E-state index contributed by atoms with van der Waals surface area (Å²) >= 11 is 3.59. The number of nitrogens with zero attached hydrogens (tertiary/aromatic N) is 2. The molecule has 5 nitrogen and oxygen atoms in total. The van der Waals surface area contributed by atoms with Gasteiger partial charge in [0.2, 0.25) is 0 Å². The topological polar surface area (TPSA) is 56.5 Å². The predicted octanol–water partition coefficient (Wildman–Crippen LogP) is 1.89. The molecule has 2 rings (SSSR count). The molecule has 0 saturated carbocycles. The van der Waals surface area contributed by atoms with Gasteiger partial charge in [0.05, 0.1) is 35.2 Å². The molecule has 19 heavy (non-hydrogen) atoms. The Morgan fingerprint density at radius 2 is 2.11 bits per heavy atom. The molecule has 0 spiro atoms. The smallest absolute Gasteiger partial charge is 0.160 e. The molecule has 1 aromatic heterocycles. The Morgan fingerprint density at radius 3 is 2.68 bits per heavy atom. The fourth-order valence-electron chi connectivity index (χ4n) is 2.28. The molecule has 2 heterocycles. The highest BCUT2D eigenvalue weighted by Crippen LogP contribution is 2.24. The Hall–Kier alpha value is -0.430. The van der Waals surface area contributed by atoms with E-state index in [2.05, 4.69) is 34.9 Å². The van der Waals surface area contributed by atoms with E-state index in [0.717, 1.165) is 28.8 Å². The molecule has 0 radical (unpaired) electrons. The zero-order valence-corrected chi connectivity index (χ0v) is 13.0. The van der Waals surface area contributed by atoms with Gasteiger partial charge in [0, 0.05) is 19.4 Å². The molecule has 1 saturated heterocycles. The summed E-state index contributed by atoms with van der Waals surface area (Å²) in [7, 11) is 0. The van der Waals surface area contributed by atoms with Crippen molar-refractivity contribution in [3.63, 3.8) is 0 Å². The molecule has 0 aliphatic carbocycles. The molecule has 1 atom stereocenters. The zero-order chi connectivity index (χ0) is 13.8. The van der Waals surface area contributed by atoms with Crippen molar-refractivity contribution in [1.82, 2.24) is 9.78 Å². The number of aryl methyl sites for hydroxylation is 2. The van der Waals surface area contributed by atoms with Crippen molar-refractivity contribution in [3.05, 3.63) is 15.9 Å². The van der Waals surface area contributed by atoms with E-state index in [-0.39, 0.29) is 6.29 Å². The number of aliphatic hydroxyl groups excluding tert-OH is 1. The number of ether oxygens (including phenoxy) is 2. The van der Waals surface area contributed by atoms with Gasteiger partial charge in [-0.05, 0) is 29.3 Å². The molecule has 0 bridgehead atoms. The lowest BCUT2D eigenvalue weighted by Crippen LogP contribution is -2.22. The van der Waals surface area contributed by atoms with Crippen LogP contribution in [0.15, 0.2) is 4.47 Å². The first-order valence-electron chi connectivity index (χ1n) is 6.81. The van der Waals surface area contributed by atoms with Crippen LogP contribution in [0.2, 0.25) is 0 Å². The third kappa shape index (κ3) is 3.56. The Balaban J connectivity index is 2.02. The Morgan fingerprint density at radius 1 is 1.42 bits per heavy atom. The average Bonchev–Trinajstić information content (AvgIpc) is 2.99. The van der Waals surface area contributed by atoms with Crippen LogP contribution in [0.3, 0.4) is 0 Å². The summed E-state index contributed by atoms with van der Waals surface area (Å²) in [5, 5.41) is 14.7. The Labute approximate surface area is 122 Å². The number of aliphatic hydroxyl groups is 1. The van der Waals surface area contributed by atoms with Gasteiger partial charge in [0.25, 0.3) is 0 Å². The van der Waals surface area contributed by atoms with E-state index in [4.69, 9.17) is 9.47 Å². The quantitative estimate of drug-likeness (QED) is 0.864. The molecular weight excluding hydrogens is 312 g/mol. The van der Waals surface area contributed by atoms with E-state index in [1.165, 1.54) is 0 Å². The van der Waals surface area contributed by atoms with Crippen molar-refractivity contribution in [2.24, 2.45) is 0 Å². The monoisotopic (exact) mass is 332 g/mol. The van der Waals surface area contributed by atoms with Crippen LogP contribution in [-0.4, -0.2) is 40.5 Å². The van der Waals surface area contributed by atoms with E-state index in [0.29, 0.717) is 26.1 Å². The van der Waals surface area contributed by atoms with Crippen LogP contribution in [0.25, 0.3) is 0 Å². The van der Waals surface area contributed by atoms with Crippen molar-refractivity contribution in [2.75, 3.05) is 13.2 Å². The standard InChI is InChI=1S/C13H21BrN2O3/c1-3-10-13(14)11(16(4-2)15-10)7-9(17)8-12-18-5-6-19-12/h9,12,17H,3-8H2,1-2H3. The van der Waals surface area contributed by atoms with Crippen molar-refractivity contribution >= 4 is 15.9 Å². The van der Waals surface area contributed by atoms with Gasteiger partial charge in [-0.15, -0.1) is 0 Å². The molecule has 1 aromatic rings. The Kier molecular flexibility index (Phi) is 5.38. The van der Waals surface area contributed by atoms with Crippen LogP contribution in [0, 0.1) is 0 Å². The largest absolute Gasteiger partial charge is 0.393 e. The maximum atomic E-state index is 10.2. The summed E-state index contributed by atoms with van der Waals surface area (Å²) in [5.74, 6) is 0. The lowest BCUT2D eigenvalue weighted by molar-refractivity contribution is -0.0700. The predicted molar refractivity (Wildman–Crippen MR) is 75.0 cm³/mol. The lowest BCUT2D eigenvalue weighted by Gasteiger charge is -2.15. The van der Waals surface area contributed by atoms with Crippen LogP contribution in [0.4, 0.5) is 0 Å². The van der Waals surface area contributed by atoms with Crippen molar-refractivity contribution in [3.8, 4) is 0 Å². The summed E-state index contributed by atoms with van der Waals surface area (Å²) in [6.45, 7) is 6.17. The van der Waals surface area contributed by atoms with Gasteiger partial charge < -0.3 is 14.6 Å². The summed E-state index contributed by atoms with van der Waals surface area (Å²) < 4.78 is 13.7. The van der Waals surface area contributed by atoms with Crippen LogP contribution in [0.5, 0.6) is 0 Å². The third-order valence-electron chi connectivity index (χ3n) is 3.28. The van der Waals surface area contributed by atoms with E-state index in [9.17, 15) is 5.11 Å². The number of aromatic nitrogens is 2. The molecule has 1 aliphatic rings. The van der Waals surface area contributed by atoms with Crippen molar-refractivity contribution in [2.45, 2.75) is 52.0 Å². The van der Waals surface area contributed by atoms with Gasteiger partial charge in [0.15, 0.2) is 6.29 Å². The lowest BCUT2D eigenvalue weighted by atomic mass is 10.1. The van der Waals surface area contributed by atoms with Gasteiger partial charge in [-0.25, -0.2) is 0 Å². The number of halogens is 1. The van der Waals surface area contributed by atoms with Crippen LogP contribution >= 0.6 is 15.9 Å². The molecule has 1 unspecified atom stereocenters. The van der Waals surface area contributed by atoms with E-state index < -0.39 is 6.10 Å². The first-order valence-corrected chi connectivity index (χ1v) is 7.60. The summed E-state index contributed by atoms with van der Waals surface area (Å²) in [4.78, 5) is 0. The molecule has 1 N–H and O–H groups in total. The molecule has 0 amide bonds. The first-order chi connectivity index (χ1) is 9.15. The molecular formula is C13H21BrN2O3. The van der Waals surface area contributed by atoms with Gasteiger partial charge in [-0.1, -0.05) is 6.92 Å².